The van der Waals surface area contributed by atoms with Gasteiger partial charge < -0.3 is 9.32 Å². The first kappa shape index (κ1) is 16.3. The molecule has 0 unspecified atom stereocenters. The minimum Gasteiger partial charge on any atom is -0.469 e. The average molecular weight is 276 g/mol. The van der Waals surface area contributed by atoms with Crippen molar-refractivity contribution in [1.82, 2.24) is 4.90 Å². The van der Waals surface area contributed by atoms with Crippen molar-refractivity contribution in [2.75, 3.05) is 7.05 Å². The van der Waals surface area contributed by atoms with Gasteiger partial charge in [0.1, 0.15) is 11.2 Å². The Bertz CT molecular complexity index is 479. The number of hydrogen-bond acceptors (Lipinski definition) is 3. The molecule has 0 saturated carbocycles. The molecule has 1 heterocycles. The van der Waals surface area contributed by atoms with Gasteiger partial charge in [-0.1, -0.05) is 26.7 Å². The van der Waals surface area contributed by atoms with Gasteiger partial charge in [0.2, 0.25) is 5.91 Å². The maximum Gasteiger partial charge on any atom is 0.243 e. The van der Waals surface area contributed by atoms with Crippen LogP contribution in [0.25, 0.3) is 0 Å². The van der Waals surface area contributed by atoms with Crippen molar-refractivity contribution in [1.29, 1.82) is 5.26 Å². The van der Waals surface area contributed by atoms with E-state index in [1.807, 2.05) is 26.8 Å². The maximum absolute atomic E-state index is 12.7. The third-order valence-electron chi connectivity index (χ3n) is 3.70. The van der Waals surface area contributed by atoms with Crippen molar-refractivity contribution < 1.29 is 9.21 Å². The molecular weight excluding hydrogens is 252 g/mol. The SMILES string of the molecule is CCCC(C#N)(CCC)C(=O)N(C)Cc1ccoc1C. The molecule has 0 bridgehead atoms. The molecule has 0 atom stereocenters. The summed E-state index contributed by atoms with van der Waals surface area (Å²) >= 11 is 0. The lowest BCUT2D eigenvalue weighted by atomic mass is 9.79. The Labute approximate surface area is 121 Å². The first-order valence-electron chi connectivity index (χ1n) is 7.20. The molecule has 1 aromatic heterocycles. The summed E-state index contributed by atoms with van der Waals surface area (Å²) in [6.45, 7) is 6.38. The van der Waals surface area contributed by atoms with Gasteiger partial charge in [-0.25, -0.2) is 0 Å². The molecule has 1 rings (SSSR count). The maximum atomic E-state index is 12.7. The fraction of sp³-hybridized carbons (Fsp3) is 0.625. The van der Waals surface area contributed by atoms with Gasteiger partial charge in [0.25, 0.3) is 0 Å². The van der Waals surface area contributed by atoms with Crippen LogP contribution in [-0.4, -0.2) is 17.9 Å². The molecule has 110 valence electrons. The number of aryl methyl sites for hydroxylation is 1. The van der Waals surface area contributed by atoms with Crippen molar-refractivity contribution in [3.63, 3.8) is 0 Å². The third-order valence-corrected chi connectivity index (χ3v) is 3.70. The number of carbonyl (C=O) groups is 1. The molecule has 0 aromatic carbocycles. The Hall–Kier alpha value is -1.76. The summed E-state index contributed by atoms with van der Waals surface area (Å²) in [6, 6.07) is 4.15. The molecule has 0 aliphatic carbocycles. The minimum atomic E-state index is -0.879. The first-order valence-corrected chi connectivity index (χ1v) is 7.20. The molecule has 0 spiro atoms. The third kappa shape index (κ3) is 3.41. The summed E-state index contributed by atoms with van der Waals surface area (Å²) < 4.78 is 5.25. The number of nitrogens with zero attached hydrogens (tertiary/aromatic N) is 2. The molecule has 4 heteroatoms. The van der Waals surface area contributed by atoms with Crippen LogP contribution >= 0.6 is 0 Å². The highest BCUT2D eigenvalue weighted by Crippen LogP contribution is 2.32. The highest BCUT2D eigenvalue weighted by Gasteiger charge is 2.39. The van der Waals surface area contributed by atoms with Crippen LogP contribution in [-0.2, 0) is 11.3 Å². The lowest BCUT2D eigenvalue weighted by Gasteiger charge is -2.30. The second-order valence-corrected chi connectivity index (χ2v) is 5.36. The topological polar surface area (TPSA) is 57.2 Å². The summed E-state index contributed by atoms with van der Waals surface area (Å²) in [5.41, 5.74) is 0.108. The van der Waals surface area contributed by atoms with Gasteiger partial charge in [-0.3, -0.25) is 4.79 Å². The van der Waals surface area contributed by atoms with E-state index < -0.39 is 5.41 Å². The Kier molecular flexibility index (Phi) is 5.82. The van der Waals surface area contributed by atoms with Crippen molar-refractivity contribution in [2.24, 2.45) is 5.41 Å². The number of hydrogen-bond donors (Lipinski definition) is 0. The van der Waals surface area contributed by atoms with E-state index in [9.17, 15) is 10.1 Å². The van der Waals surface area contributed by atoms with Crippen LogP contribution in [0.4, 0.5) is 0 Å². The van der Waals surface area contributed by atoms with Crippen LogP contribution in [0, 0.1) is 23.7 Å². The van der Waals surface area contributed by atoms with E-state index in [-0.39, 0.29) is 5.91 Å². The van der Waals surface area contributed by atoms with Crippen LogP contribution in [0.3, 0.4) is 0 Å². The molecule has 1 aromatic rings. The van der Waals surface area contributed by atoms with Crippen LogP contribution in [0.5, 0.6) is 0 Å². The van der Waals surface area contributed by atoms with Gasteiger partial charge in [-0.2, -0.15) is 5.26 Å². The van der Waals surface area contributed by atoms with Gasteiger partial charge in [0, 0.05) is 19.2 Å². The zero-order valence-corrected chi connectivity index (χ0v) is 12.9. The molecule has 4 nitrogen and oxygen atoms in total. The van der Waals surface area contributed by atoms with E-state index in [4.69, 9.17) is 4.42 Å². The summed E-state index contributed by atoms with van der Waals surface area (Å²) in [7, 11) is 1.76. The predicted octanol–water partition coefficient (Wildman–Crippen LogP) is 3.66. The van der Waals surface area contributed by atoms with Gasteiger partial charge in [-0.05, 0) is 25.8 Å². The molecule has 0 radical (unpaired) electrons. The van der Waals surface area contributed by atoms with Crippen molar-refractivity contribution in [3.8, 4) is 6.07 Å². The Morgan fingerprint density at radius 3 is 2.40 bits per heavy atom. The molecule has 20 heavy (non-hydrogen) atoms. The normalized spacial score (nSPS) is 11.2. The zero-order chi connectivity index (χ0) is 15.2. The van der Waals surface area contributed by atoms with E-state index in [2.05, 4.69) is 6.07 Å². The van der Waals surface area contributed by atoms with Gasteiger partial charge >= 0.3 is 0 Å². The largest absolute Gasteiger partial charge is 0.469 e. The Balaban J connectivity index is 2.89. The number of furan rings is 1. The van der Waals surface area contributed by atoms with Gasteiger partial charge in [0.05, 0.1) is 12.3 Å². The highest BCUT2D eigenvalue weighted by molar-refractivity contribution is 5.85. The van der Waals surface area contributed by atoms with Gasteiger partial charge in [0.15, 0.2) is 0 Å². The molecule has 0 aliphatic rings. The smallest absolute Gasteiger partial charge is 0.243 e. The summed E-state index contributed by atoms with van der Waals surface area (Å²) in [5, 5.41) is 9.52. The fourth-order valence-corrected chi connectivity index (χ4v) is 2.62. The van der Waals surface area contributed by atoms with Gasteiger partial charge in [-0.15, -0.1) is 0 Å². The van der Waals surface area contributed by atoms with Crippen molar-refractivity contribution in [2.45, 2.75) is 53.0 Å². The van der Waals surface area contributed by atoms with E-state index >= 15 is 0 Å². The second-order valence-electron chi connectivity index (χ2n) is 5.36. The standard InChI is InChI=1S/C16H24N2O2/c1-5-8-16(12-17,9-6-2)15(19)18(4)11-14-7-10-20-13(14)3/h7,10H,5-6,8-9,11H2,1-4H3. The van der Waals surface area contributed by atoms with E-state index in [1.54, 1.807) is 18.2 Å². The van der Waals surface area contributed by atoms with Crippen LogP contribution < -0.4 is 0 Å². The summed E-state index contributed by atoms with van der Waals surface area (Å²) in [4.78, 5) is 14.3. The van der Waals surface area contributed by atoms with E-state index in [0.717, 1.165) is 24.2 Å². The fourth-order valence-electron chi connectivity index (χ4n) is 2.62. The zero-order valence-electron chi connectivity index (χ0n) is 12.9. The van der Waals surface area contributed by atoms with E-state index in [1.165, 1.54) is 0 Å². The molecular formula is C16H24N2O2. The summed E-state index contributed by atoms with van der Waals surface area (Å²) in [5.74, 6) is 0.738. The van der Waals surface area contributed by atoms with Crippen molar-refractivity contribution in [3.05, 3.63) is 23.7 Å². The Morgan fingerprint density at radius 1 is 1.40 bits per heavy atom. The Morgan fingerprint density at radius 2 is 2.00 bits per heavy atom. The predicted molar refractivity (Wildman–Crippen MR) is 77.8 cm³/mol. The molecule has 0 aliphatic heterocycles. The van der Waals surface area contributed by atoms with Crippen LogP contribution in [0.15, 0.2) is 16.7 Å². The monoisotopic (exact) mass is 276 g/mol. The van der Waals surface area contributed by atoms with Crippen molar-refractivity contribution >= 4 is 5.91 Å². The molecule has 0 N–H and O–H groups in total. The number of rotatable bonds is 7. The lowest BCUT2D eigenvalue weighted by molar-refractivity contribution is -0.139. The highest BCUT2D eigenvalue weighted by atomic mass is 16.3. The molecule has 0 fully saturated rings. The van der Waals surface area contributed by atoms with Crippen LogP contribution in [0.1, 0.15) is 50.9 Å². The molecule has 0 saturated heterocycles. The summed E-state index contributed by atoms with van der Waals surface area (Å²) in [6.07, 6.45) is 4.52. The number of amides is 1. The number of nitriles is 1. The van der Waals surface area contributed by atoms with E-state index in [0.29, 0.717) is 19.4 Å². The van der Waals surface area contributed by atoms with Crippen LogP contribution in [0.2, 0.25) is 0 Å². The minimum absolute atomic E-state index is 0.0794. The molecule has 1 amide bonds. The first-order chi connectivity index (χ1) is 9.50. The lowest BCUT2D eigenvalue weighted by Crippen LogP contribution is -2.41. The second kappa shape index (κ2) is 7.14. The number of carbonyl (C=O) groups excluding carboxylic acids is 1. The average Bonchev–Trinajstić information content (AvgIpc) is 2.83. The quantitative estimate of drug-likeness (QED) is 0.763.